The van der Waals surface area contributed by atoms with Crippen LogP contribution >= 0.6 is 0 Å². The Bertz CT molecular complexity index is 1100. The molecule has 2 aromatic heterocycles. The third kappa shape index (κ3) is 3.26. The van der Waals surface area contributed by atoms with Crippen LogP contribution in [0.4, 0.5) is 5.69 Å². The standard InChI is InChI=1S/C19H22N4O4S/c1-11-16(19-22-21-18(27-19)13-5-4-6-13)17(12(2)20-11)28(24,25)23-14-7-9-15(26-3)10-8-14/h7-10,13,20,23H,4-6H2,1-3H3. The second kappa shape index (κ2) is 6.97. The SMILES string of the molecule is COc1ccc(NS(=O)(=O)c2c(C)[nH]c(C)c2-c2nnc(C3CCC3)o2)cc1. The molecule has 1 aliphatic rings. The Morgan fingerprint density at radius 2 is 1.86 bits per heavy atom. The molecule has 4 rings (SSSR count). The van der Waals surface area contributed by atoms with Gasteiger partial charge in [-0.2, -0.15) is 0 Å². The second-order valence-electron chi connectivity index (χ2n) is 6.99. The second-order valence-corrected chi connectivity index (χ2v) is 8.61. The first-order valence-electron chi connectivity index (χ1n) is 9.09. The molecule has 8 nitrogen and oxygen atoms in total. The van der Waals surface area contributed by atoms with Crippen molar-refractivity contribution >= 4 is 15.7 Å². The van der Waals surface area contributed by atoms with Crippen molar-refractivity contribution in [3.63, 3.8) is 0 Å². The number of aryl methyl sites for hydroxylation is 2. The third-order valence-corrected chi connectivity index (χ3v) is 6.59. The van der Waals surface area contributed by atoms with Crippen molar-refractivity contribution in [2.75, 3.05) is 11.8 Å². The summed E-state index contributed by atoms with van der Waals surface area (Å²) in [5, 5.41) is 8.25. The van der Waals surface area contributed by atoms with E-state index in [0.717, 1.165) is 19.3 Å². The molecule has 1 aliphatic carbocycles. The van der Waals surface area contributed by atoms with E-state index in [1.807, 2.05) is 0 Å². The van der Waals surface area contributed by atoms with Gasteiger partial charge in [0.25, 0.3) is 15.9 Å². The summed E-state index contributed by atoms with van der Waals surface area (Å²) in [5.74, 6) is 1.72. The van der Waals surface area contributed by atoms with Gasteiger partial charge in [-0.1, -0.05) is 6.42 Å². The smallest absolute Gasteiger partial charge is 0.264 e. The van der Waals surface area contributed by atoms with E-state index in [-0.39, 0.29) is 16.7 Å². The van der Waals surface area contributed by atoms with Gasteiger partial charge in [0.15, 0.2) is 0 Å². The average molecular weight is 402 g/mol. The minimum absolute atomic E-state index is 0.115. The van der Waals surface area contributed by atoms with E-state index >= 15 is 0 Å². The van der Waals surface area contributed by atoms with Crippen molar-refractivity contribution < 1.29 is 17.6 Å². The van der Waals surface area contributed by atoms with Crippen LogP contribution in [0.15, 0.2) is 33.6 Å². The van der Waals surface area contributed by atoms with Gasteiger partial charge in [-0.05, 0) is 51.0 Å². The normalized spacial score (nSPS) is 14.7. The fourth-order valence-corrected chi connectivity index (χ4v) is 4.88. The Hall–Kier alpha value is -2.81. The monoisotopic (exact) mass is 402 g/mol. The van der Waals surface area contributed by atoms with Crippen LogP contribution in [-0.2, 0) is 10.0 Å². The molecule has 0 radical (unpaired) electrons. The molecule has 0 saturated heterocycles. The molecule has 0 aliphatic heterocycles. The fourth-order valence-electron chi connectivity index (χ4n) is 3.37. The Balaban J connectivity index is 1.71. The summed E-state index contributed by atoms with van der Waals surface area (Å²) in [6, 6.07) is 6.67. The summed E-state index contributed by atoms with van der Waals surface area (Å²) in [6.07, 6.45) is 3.20. The zero-order valence-corrected chi connectivity index (χ0v) is 16.8. The fraction of sp³-hybridized carbons (Fsp3) is 0.368. The molecule has 1 saturated carbocycles. The number of hydrogen-bond acceptors (Lipinski definition) is 6. The first kappa shape index (κ1) is 18.5. The van der Waals surface area contributed by atoms with Crippen LogP contribution in [0, 0.1) is 13.8 Å². The number of ether oxygens (including phenoxy) is 1. The van der Waals surface area contributed by atoms with Crippen LogP contribution in [0.3, 0.4) is 0 Å². The molecule has 2 heterocycles. The Labute approximate surface area is 163 Å². The molecular formula is C19H22N4O4S. The number of aromatic amines is 1. The predicted octanol–water partition coefficient (Wildman–Crippen LogP) is 3.76. The number of hydrogen-bond donors (Lipinski definition) is 2. The quantitative estimate of drug-likeness (QED) is 0.650. The van der Waals surface area contributed by atoms with E-state index in [4.69, 9.17) is 9.15 Å². The van der Waals surface area contributed by atoms with Crippen molar-refractivity contribution in [3.8, 4) is 17.2 Å². The van der Waals surface area contributed by atoms with Gasteiger partial charge in [-0.15, -0.1) is 10.2 Å². The maximum absolute atomic E-state index is 13.1. The first-order chi connectivity index (χ1) is 13.4. The van der Waals surface area contributed by atoms with E-state index in [1.165, 1.54) is 0 Å². The topological polar surface area (TPSA) is 110 Å². The number of anilines is 1. The molecule has 1 fully saturated rings. The number of H-pyrrole nitrogens is 1. The number of nitrogens with zero attached hydrogens (tertiary/aromatic N) is 2. The molecule has 0 atom stereocenters. The lowest BCUT2D eigenvalue weighted by atomic mass is 9.85. The highest BCUT2D eigenvalue weighted by atomic mass is 32.2. The Morgan fingerprint density at radius 1 is 1.14 bits per heavy atom. The number of rotatable bonds is 6. The zero-order chi connectivity index (χ0) is 19.9. The van der Waals surface area contributed by atoms with Gasteiger partial charge in [0.1, 0.15) is 10.6 Å². The number of benzene rings is 1. The van der Waals surface area contributed by atoms with Crippen LogP contribution in [0.25, 0.3) is 11.5 Å². The van der Waals surface area contributed by atoms with Gasteiger partial charge in [0.05, 0.1) is 12.7 Å². The van der Waals surface area contributed by atoms with Gasteiger partial charge in [-0.25, -0.2) is 8.42 Å². The third-order valence-electron chi connectivity index (χ3n) is 5.04. The average Bonchev–Trinajstić information content (AvgIpc) is 3.18. The lowest BCUT2D eigenvalue weighted by Crippen LogP contribution is -2.14. The van der Waals surface area contributed by atoms with Crippen molar-refractivity contribution in [2.45, 2.75) is 43.9 Å². The Morgan fingerprint density at radius 3 is 2.46 bits per heavy atom. The minimum Gasteiger partial charge on any atom is -0.497 e. The van der Waals surface area contributed by atoms with Gasteiger partial charge >= 0.3 is 0 Å². The lowest BCUT2D eigenvalue weighted by Gasteiger charge is -2.20. The molecule has 0 unspecified atom stereocenters. The van der Waals surface area contributed by atoms with Crippen molar-refractivity contribution in [1.82, 2.24) is 15.2 Å². The van der Waals surface area contributed by atoms with E-state index in [9.17, 15) is 8.42 Å². The van der Waals surface area contributed by atoms with Gasteiger partial charge in [0.2, 0.25) is 5.89 Å². The number of methoxy groups -OCH3 is 1. The zero-order valence-electron chi connectivity index (χ0n) is 15.9. The highest BCUT2D eigenvalue weighted by Gasteiger charge is 2.31. The maximum atomic E-state index is 13.1. The minimum atomic E-state index is -3.87. The van der Waals surface area contributed by atoms with Gasteiger partial charge in [-0.3, -0.25) is 4.72 Å². The van der Waals surface area contributed by atoms with E-state index in [0.29, 0.717) is 34.3 Å². The summed E-state index contributed by atoms with van der Waals surface area (Å²) in [6.45, 7) is 3.50. The molecule has 0 bridgehead atoms. The molecule has 1 aromatic carbocycles. The molecule has 0 spiro atoms. The molecular weight excluding hydrogens is 380 g/mol. The summed E-state index contributed by atoms with van der Waals surface area (Å²) >= 11 is 0. The molecule has 3 aromatic rings. The molecule has 28 heavy (non-hydrogen) atoms. The molecule has 9 heteroatoms. The summed E-state index contributed by atoms with van der Waals surface area (Å²) < 4.78 is 39.8. The van der Waals surface area contributed by atoms with E-state index < -0.39 is 10.0 Å². The maximum Gasteiger partial charge on any atom is 0.264 e. The van der Waals surface area contributed by atoms with Crippen molar-refractivity contribution in [3.05, 3.63) is 41.5 Å². The molecule has 2 N–H and O–H groups in total. The lowest BCUT2D eigenvalue weighted by molar-refractivity contribution is 0.338. The van der Waals surface area contributed by atoms with Crippen LogP contribution < -0.4 is 9.46 Å². The summed E-state index contributed by atoms with van der Waals surface area (Å²) in [7, 11) is -2.32. The highest BCUT2D eigenvalue weighted by Crippen LogP contribution is 2.39. The largest absolute Gasteiger partial charge is 0.497 e. The van der Waals surface area contributed by atoms with Crippen LogP contribution in [0.5, 0.6) is 5.75 Å². The summed E-state index contributed by atoms with van der Waals surface area (Å²) in [5.41, 5.74) is 2.02. The first-order valence-corrected chi connectivity index (χ1v) is 10.6. The number of aromatic nitrogens is 3. The number of nitrogens with one attached hydrogen (secondary N) is 2. The van der Waals surface area contributed by atoms with Crippen molar-refractivity contribution in [2.24, 2.45) is 0 Å². The van der Waals surface area contributed by atoms with Crippen LogP contribution in [-0.4, -0.2) is 30.7 Å². The summed E-state index contributed by atoms with van der Waals surface area (Å²) in [4.78, 5) is 3.20. The van der Waals surface area contributed by atoms with E-state index in [2.05, 4.69) is 19.9 Å². The predicted molar refractivity (Wildman–Crippen MR) is 104 cm³/mol. The highest BCUT2D eigenvalue weighted by molar-refractivity contribution is 7.93. The van der Waals surface area contributed by atoms with Crippen molar-refractivity contribution in [1.29, 1.82) is 0 Å². The van der Waals surface area contributed by atoms with Gasteiger partial charge in [0, 0.05) is 23.0 Å². The molecule has 0 amide bonds. The van der Waals surface area contributed by atoms with E-state index in [1.54, 1.807) is 45.2 Å². The van der Waals surface area contributed by atoms with Crippen LogP contribution in [0.1, 0.15) is 42.5 Å². The number of sulfonamides is 1. The molecule has 148 valence electrons. The Kier molecular flexibility index (Phi) is 4.62. The van der Waals surface area contributed by atoms with Gasteiger partial charge < -0.3 is 14.1 Å². The van der Waals surface area contributed by atoms with Crippen LogP contribution in [0.2, 0.25) is 0 Å².